The molecule has 0 saturated heterocycles. The molecule has 2 aromatic carbocycles. The highest BCUT2D eigenvalue weighted by Gasteiger charge is 2.33. The van der Waals surface area contributed by atoms with Crippen molar-refractivity contribution in [1.82, 2.24) is 5.32 Å². The molecule has 0 heterocycles. The zero-order valence-electron chi connectivity index (χ0n) is 13.1. The fourth-order valence-corrected chi connectivity index (χ4v) is 2.70. The van der Waals surface area contributed by atoms with Crippen LogP contribution >= 0.6 is 11.6 Å². The van der Waals surface area contributed by atoms with Crippen molar-refractivity contribution >= 4 is 17.5 Å². The van der Waals surface area contributed by atoms with E-state index in [1.807, 2.05) is 55.5 Å². The van der Waals surface area contributed by atoms with Gasteiger partial charge >= 0.3 is 0 Å². The molecule has 1 atom stereocenters. The predicted octanol–water partition coefficient (Wildman–Crippen LogP) is 4.29. The first-order valence-electron chi connectivity index (χ1n) is 7.86. The lowest BCUT2D eigenvalue weighted by atomic mass is 10.0. The third kappa shape index (κ3) is 4.49. The van der Waals surface area contributed by atoms with Crippen molar-refractivity contribution < 1.29 is 9.53 Å². The molecule has 1 N–H and O–H groups in total. The summed E-state index contributed by atoms with van der Waals surface area (Å²) in [6.07, 6.45) is 2.29. The number of benzene rings is 2. The number of carbonyl (C=O) groups is 1. The lowest BCUT2D eigenvalue weighted by Gasteiger charge is -2.19. The molecule has 0 spiro atoms. The van der Waals surface area contributed by atoms with E-state index >= 15 is 0 Å². The summed E-state index contributed by atoms with van der Waals surface area (Å²) in [5, 5.41) is 3.80. The SMILES string of the molecule is Cc1ccc(OCC(=O)N[C@H](c2ccc(Cl)cc2)C2CC2)cc1. The second-order valence-electron chi connectivity index (χ2n) is 6.04. The van der Waals surface area contributed by atoms with Crippen LogP contribution in [0.4, 0.5) is 0 Å². The van der Waals surface area contributed by atoms with Crippen LogP contribution in [0.25, 0.3) is 0 Å². The second kappa shape index (κ2) is 7.05. The van der Waals surface area contributed by atoms with Crippen LogP contribution in [0.15, 0.2) is 48.5 Å². The summed E-state index contributed by atoms with van der Waals surface area (Å²) in [6.45, 7) is 2.04. The van der Waals surface area contributed by atoms with Crippen LogP contribution < -0.4 is 10.1 Å². The van der Waals surface area contributed by atoms with Gasteiger partial charge in [0, 0.05) is 5.02 Å². The summed E-state index contributed by atoms with van der Waals surface area (Å²) >= 11 is 5.94. The average Bonchev–Trinajstić information content (AvgIpc) is 3.38. The van der Waals surface area contributed by atoms with Crippen LogP contribution in [0.5, 0.6) is 5.75 Å². The Balaban J connectivity index is 1.58. The summed E-state index contributed by atoms with van der Waals surface area (Å²) in [6, 6.07) is 15.4. The average molecular weight is 330 g/mol. The Hall–Kier alpha value is -2.00. The largest absolute Gasteiger partial charge is 0.484 e. The third-order valence-electron chi connectivity index (χ3n) is 4.03. The normalized spacial score (nSPS) is 15.0. The molecular weight excluding hydrogens is 310 g/mol. The zero-order valence-corrected chi connectivity index (χ0v) is 13.8. The summed E-state index contributed by atoms with van der Waals surface area (Å²) in [5.41, 5.74) is 2.26. The van der Waals surface area contributed by atoms with Crippen molar-refractivity contribution in [3.63, 3.8) is 0 Å². The number of carbonyl (C=O) groups excluding carboxylic acids is 1. The van der Waals surface area contributed by atoms with Crippen LogP contribution in [-0.2, 0) is 4.79 Å². The Morgan fingerprint density at radius 3 is 2.43 bits per heavy atom. The van der Waals surface area contributed by atoms with Gasteiger partial charge in [-0.2, -0.15) is 0 Å². The summed E-state index contributed by atoms with van der Waals surface area (Å²) in [4.78, 5) is 12.2. The Labute approximate surface area is 141 Å². The number of aryl methyl sites for hydroxylation is 1. The molecule has 1 fully saturated rings. The standard InChI is InChI=1S/C19H20ClNO2/c1-13-2-10-17(11-3-13)23-12-18(22)21-19(14-4-5-14)15-6-8-16(20)9-7-15/h2-3,6-11,14,19H,4-5,12H2,1H3,(H,21,22)/t19-/m0/s1. The number of halogens is 1. The van der Waals surface area contributed by atoms with E-state index < -0.39 is 0 Å². The highest BCUT2D eigenvalue weighted by atomic mass is 35.5. The monoisotopic (exact) mass is 329 g/mol. The molecule has 0 aliphatic heterocycles. The van der Waals surface area contributed by atoms with Gasteiger partial charge in [-0.3, -0.25) is 4.79 Å². The molecule has 120 valence electrons. The highest BCUT2D eigenvalue weighted by molar-refractivity contribution is 6.30. The smallest absolute Gasteiger partial charge is 0.258 e. The van der Waals surface area contributed by atoms with Crippen molar-refractivity contribution in [2.75, 3.05) is 6.61 Å². The first kappa shape index (κ1) is 15.9. The van der Waals surface area contributed by atoms with E-state index in [0.29, 0.717) is 16.7 Å². The van der Waals surface area contributed by atoms with E-state index in [1.54, 1.807) is 0 Å². The van der Waals surface area contributed by atoms with Crippen LogP contribution in [0.3, 0.4) is 0 Å². The van der Waals surface area contributed by atoms with Gasteiger partial charge < -0.3 is 10.1 Å². The minimum Gasteiger partial charge on any atom is -0.484 e. The summed E-state index contributed by atoms with van der Waals surface area (Å²) in [7, 11) is 0. The molecule has 0 aromatic heterocycles. The topological polar surface area (TPSA) is 38.3 Å². The van der Waals surface area contributed by atoms with E-state index in [0.717, 1.165) is 18.4 Å². The van der Waals surface area contributed by atoms with Crippen LogP contribution in [0.1, 0.15) is 30.0 Å². The molecule has 2 aromatic rings. The Bertz CT molecular complexity index is 663. The first-order chi connectivity index (χ1) is 11.1. The lowest BCUT2D eigenvalue weighted by Crippen LogP contribution is -2.33. The van der Waals surface area contributed by atoms with Gasteiger partial charge in [0.15, 0.2) is 6.61 Å². The number of rotatable bonds is 6. The first-order valence-corrected chi connectivity index (χ1v) is 8.24. The number of hydrogen-bond acceptors (Lipinski definition) is 2. The van der Waals surface area contributed by atoms with Gasteiger partial charge in [-0.15, -0.1) is 0 Å². The van der Waals surface area contributed by atoms with Gasteiger partial charge in [0.25, 0.3) is 5.91 Å². The van der Waals surface area contributed by atoms with E-state index in [9.17, 15) is 4.79 Å². The van der Waals surface area contributed by atoms with Crippen molar-refractivity contribution in [3.05, 3.63) is 64.7 Å². The Morgan fingerprint density at radius 2 is 1.83 bits per heavy atom. The van der Waals surface area contributed by atoms with Crippen LogP contribution in [0, 0.1) is 12.8 Å². The van der Waals surface area contributed by atoms with Gasteiger partial charge in [-0.05, 0) is 55.5 Å². The molecule has 0 radical (unpaired) electrons. The van der Waals surface area contributed by atoms with Crippen molar-refractivity contribution in [2.45, 2.75) is 25.8 Å². The number of nitrogens with one attached hydrogen (secondary N) is 1. The Kier molecular flexibility index (Phi) is 4.87. The molecule has 1 aliphatic carbocycles. The summed E-state index contributed by atoms with van der Waals surface area (Å²) < 4.78 is 5.55. The second-order valence-corrected chi connectivity index (χ2v) is 6.47. The minimum atomic E-state index is -0.0996. The van der Waals surface area contributed by atoms with Crippen LogP contribution in [-0.4, -0.2) is 12.5 Å². The van der Waals surface area contributed by atoms with Gasteiger partial charge in [0.05, 0.1) is 6.04 Å². The fourth-order valence-electron chi connectivity index (χ4n) is 2.57. The summed E-state index contributed by atoms with van der Waals surface area (Å²) in [5.74, 6) is 1.12. The molecule has 1 amide bonds. The zero-order chi connectivity index (χ0) is 16.2. The van der Waals surface area contributed by atoms with Gasteiger partial charge in [0.1, 0.15) is 5.75 Å². The maximum atomic E-state index is 12.2. The number of amides is 1. The van der Waals surface area contributed by atoms with E-state index in [-0.39, 0.29) is 18.6 Å². The lowest BCUT2D eigenvalue weighted by molar-refractivity contribution is -0.124. The third-order valence-corrected chi connectivity index (χ3v) is 4.28. The predicted molar refractivity (Wildman–Crippen MR) is 91.7 cm³/mol. The van der Waals surface area contributed by atoms with E-state index in [2.05, 4.69) is 5.32 Å². The highest BCUT2D eigenvalue weighted by Crippen LogP contribution is 2.41. The van der Waals surface area contributed by atoms with Crippen molar-refractivity contribution in [1.29, 1.82) is 0 Å². The molecule has 1 saturated carbocycles. The van der Waals surface area contributed by atoms with E-state index in [4.69, 9.17) is 16.3 Å². The van der Waals surface area contributed by atoms with Crippen molar-refractivity contribution in [3.8, 4) is 5.75 Å². The molecule has 0 unspecified atom stereocenters. The van der Waals surface area contributed by atoms with Crippen LogP contribution in [0.2, 0.25) is 5.02 Å². The molecular formula is C19H20ClNO2. The minimum absolute atomic E-state index is 0.0276. The molecule has 4 heteroatoms. The molecule has 0 bridgehead atoms. The van der Waals surface area contributed by atoms with Gasteiger partial charge in [-0.25, -0.2) is 0 Å². The Morgan fingerprint density at radius 1 is 1.17 bits per heavy atom. The van der Waals surface area contributed by atoms with Crippen molar-refractivity contribution in [2.24, 2.45) is 5.92 Å². The van der Waals surface area contributed by atoms with Gasteiger partial charge in [0.2, 0.25) is 0 Å². The maximum Gasteiger partial charge on any atom is 0.258 e. The molecule has 3 nitrogen and oxygen atoms in total. The number of hydrogen-bond donors (Lipinski definition) is 1. The fraction of sp³-hybridized carbons (Fsp3) is 0.316. The maximum absolute atomic E-state index is 12.2. The van der Waals surface area contributed by atoms with Gasteiger partial charge in [-0.1, -0.05) is 41.4 Å². The molecule has 1 aliphatic rings. The molecule has 23 heavy (non-hydrogen) atoms. The number of ether oxygens (including phenoxy) is 1. The molecule has 3 rings (SSSR count). The van der Waals surface area contributed by atoms with E-state index in [1.165, 1.54) is 5.56 Å². The quantitative estimate of drug-likeness (QED) is 0.858.